The molecule has 8 nitrogen and oxygen atoms in total. The van der Waals surface area contributed by atoms with Gasteiger partial charge in [-0.3, -0.25) is 14.9 Å². The molecule has 1 fully saturated rings. The Labute approximate surface area is 189 Å². The molecule has 32 heavy (non-hydrogen) atoms. The molecule has 0 N–H and O–H groups in total. The summed E-state index contributed by atoms with van der Waals surface area (Å²) in [5.41, 5.74) is 3.15. The standard InChI is InChI=1S/C24H33N5O3/c1-6-21-20(15-18-7-9-19(10-8-18)29(31)32)23(26-22(25-21)16(2)3)27-11-13-28(14-12-27)24(30)17(4)5/h7-10,16-17H,6,11-15H2,1-5H3. The number of nitro benzene ring substituents is 1. The summed E-state index contributed by atoms with van der Waals surface area (Å²) in [6, 6.07) is 6.69. The monoisotopic (exact) mass is 439 g/mol. The van der Waals surface area contributed by atoms with E-state index >= 15 is 0 Å². The SMILES string of the molecule is CCc1nc(C(C)C)nc(N2CCN(C(=O)C(C)C)CC2)c1Cc1ccc([N+](=O)[O-])cc1. The van der Waals surface area contributed by atoms with Crippen LogP contribution in [0.4, 0.5) is 11.5 Å². The van der Waals surface area contributed by atoms with Gasteiger partial charge in [0, 0.05) is 67.8 Å². The van der Waals surface area contributed by atoms with E-state index in [1.165, 1.54) is 0 Å². The van der Waals surface area contributed by atoms with E-state index in [1.54, 1.807) is 24.3 Å². The Morgan fingerprint density at radius 3 is 2.19 bits per heavy atom. The Balaban J connectivity index is 1.94. The van der Waals surface area contributed by atoms with E-state index in [1.807, 2.05) is 18.7 Å². The van der Waals surface area contributed by atoms with Crippen molar-refractivity contribution in [1.82, 2.24) is 14.9 Å². The second-order valence-electron chi connectivity index (χ2n) is 8.91. The first kappa shape index (κ1) is 23.6. The molecule has 172 valence electrons. The first-order valence-electron chi connectivity index (χ1n) is 11.4. The molecule has 0 unspecified atom stereocenters. The van der Waals surface area contributed by atoms with Crippen LogP contribution in [0.1, 0.15) is 63.2 Å². The van der Waals surface area contributed by atoms with Gasteiger partial charge in [-0.05, 0) is 12.0 Å². The van der Waals surface area contributed by atoms with Crippen LogP contribution >= 0.6 is 0 Å². The Morgan fingerprint density at radius 2 is 1.69 bits per heavy atom. The fraction of sp³-hybridized carbons (Fsp3) is 0.542. The highest BCUT2D eigenvalue weighted by Crippen LogP contribution is 2.28. The van der Waals surface area contributed by atoms with Crippen molar-refractivity contribution in [2.24, 2.45) is 5.92 Å². The maximum Gasteiger partial charge on any atom is 0.269 e. The van der Waals surface area contributed by atoms with Crippen molar-refractivity contribution in [1.29, 1.82) is 0 Å². The molecule has 3 rings (SSSR count). The van der Waals surface area contributed by atoms with Crippen molar-refractivity contribution in [2.75, 3.05) is 31.1 Å². The van der Waals surface area contributed by atoms with E-state index < -0.39 is 0 Å². The van der Waals surface area contributed by atoms with E-state index in [2.05, 4.69) is 25.7 Å². The molecule has 0 atom stereocenters. The van der Waals surface area contributed by atoms with Crippen LogP contribution in [0.2, 0.25) is 0 Å². The number of non-ortho nitro benzene ring substituents is 1. The Hall–Kier alpha value is -3.03. The molecular weight excluding hydrogens is 406 g/mol. The lowest BCUT2D eigenvalue weighted by molar-refractivity contribution is -0.384. The Bertz CT molecular complexity index is 964. The quantitative estimate of drug-likeness (QED) is 0.479. The third kappa shape index (κ3) is 5.23. The van der Waals surface area contributed by atoms with Crippen LogP contribution in [-0.2, 0) is 17.6 Å². The molecule has 0 aliphatic carbocycles. The third-order valence-corrected chi connectivity index (χ3v) is 5.85. The van der Waals surface area contributed by atoms with E-state index in [4.69, 9.17) is 9.97 Å². The smallest absolute Gasteiger partial charge is 0.269 e. The van der Waals surface area contributed by atoms with Crippen molar-refractivity contribution in [3.05, 3.63) is 57.0 Å². The zero-order chi connectivity index (χ0) is 23.4. The number of carbonyl (C=O) groups excluding carboxylic acids is 1. The molecule has 0 bridgehead atoms. The summed E-state index contributed by atoms with van der Waals surface area (Å²) in [7, 11) is 0. The highest BCUT2D eigenvalue weighted by Gasteiger charge is 2.27. The highest BCUT2D eigenvalue weighted by atomic mass is 16.6. The largest absolute Gasteiger partial charge is 0.353 e. The molecule has 1 aliphatic heterocycles. The average molecular weight is 440 g/mol. The molecule has 8 heteroatoms. The molecular formula is C24H33N5O3. The number of benzene rings is 1. The summed E-state index contributed by atoms with van der Waals surface area (Å²) in [4.78, 5) is 37.0. The van der Waals surface area contributed by atoms with Gasteiger partial charge >= 0.3 is 0 Å². The van der Waals surface area contributed by atoms with E-state index in [9.17, 15) is 14.9 Å². The van der Waals surface area contributed by atoms with Gasteiger partial charge in [-0.2, -0.15) is 0 Å². The van der Waals surface area contributed by atoms with Gasteiger partial charge in [0.25, 0.3) is 5.69 Å². The summed E-state index contributed by atoms with van der Waals surface area (Å²) < 4.78 is 0. The molecule has 1 saturated heterocycles. The molecule has 2 heterocycles. The molecule has 2 aromatic rings. The van der Waals surface area contributed by atoms with Gasteiger partial charge in [-0.1, -0.05) is 46.8 Å². The minimum absolute atomic E-state index is 0.00228. The number of piperazine rings is 1. The minimum Gasteiger partial charge on any atom is -0.353 e. The predicted molar refractivity (Wildman–Crippen MR) is 125 cm³/mol. The van der Waals surface area contributed by atoms with Crippen LogP contribution in [0, 0.1) is 16.0 Å². The number of hydrogen-bond acceptors (Lipinski definition) is 6. The lowest BCUT2D eigenvalue weighted by atomic mass is 10.0. The van der Waals surface area contributed by atoms with Gasteiger partial charge in [0.15, 0.2) is 0 Å². The van der Waals surface area contributed by atoms with Crippen LogP contribution in [-0.4, -0.2) is 51.9 Å². The number of aryl methyl sites for hydroxylation is 1. The summed E-state index contributed by atoms with van der Waals surface area (Å²) in [5.74, 6) is 2.14. The maximum absolute atomic E-state index is 12.4. The zero-order valence-corrected chi connectivity index (χ0v) is 19.7. The fourth-order valence-electron chi connectivity index (χ4n) is 3.97. The number of carbonyl (C=O) groups is 1. The van der Waals surface area contributed by atoms with Crippen LogP contribution in [0.25, 0.3) is 0 Å². The van der Waals surface area contributed by atoms with Gasteiger partial charge < -0.3 is 9.80 Å². The third-order valence-electron chi connectivity index (χ3n) is 5.85. The highest BCUT2D eigenvalue weighted by molar-refractivity contribution is 5.78. The Kier molecular flexibility index (Phi) is 7.43. The van der Waals surface area contributed by atoms with Crippen LogP contribution in [0.5, 0.6) is 0 Å². The zero-order valence-electron chi connectivity index (χ0n) is 19.7. The van der Waals surface area contributed by atoms with Gasteiger partial charge in [-0.15, -0.1) is 0 Å². The molecule has 0 saturated carbocycles. The van der Waals surface area contributed by atoms with E-state index in [0.29, 0.717) is 19.5 Å². The first-order chi connectivity index (χ1) is 15.2. The number of amides is 1. The van der Waals surface area contributed by atoms with Gasteiger partial charge in [0.2, 0.25) is 5.91 Å². The Morgan fingerprint density at radius 1 is 1.06 bits per heavy atom. The molecule has 1 aliphatic rings. The van der Waals surface area contributed by atoms with Crippen molar-refractivity contribution in [3.63, 3.8) is 0 Å². The van der Waals surface area contributed by atoms with Crippen LogP contribution in [0.15, 0.2) is 24.3 Å². The lowest BCUT2D eigenvalue weighted by Crippen LogP contribution is -2.50. The van der Waals surface area contributed by atoms with Crippen molar-refractivity contribution in [2.45, 2.75) is 53.4 Å². The lowest BCUT2D eigenvalue weighted by Gasteiger charge is -2.37. The molecule has 1 aromatic heterocycles. The van der Waals surface area contributed by atoms with Gasteiger partial charge in [0.05, 0.1) is 4.92 Å². The second-order valence-corrected chi connectivity index (χ2v) is 8.91. The number of hydrogen-bond donors (Lipinski definition) is 0. The van der Waals surface area contributed by atoms with Gasteiger partial charge in [0.1, 0.15) is 11.6 Å². The average Bonchev–Trinajstić information content (AvgIpc) is 2.78. The first-order valence-corrected chi connectivity index (χ1v) is 11.4. The number of rotatable bonds is 7. The number of aromatic nitrogens is 2. The molecule has 1 aromatic carbocycles. The normalized spacial score (nSPS) is 14.3. The predicted octanol–water partition coefficient (Wildman–Crippen LogP) is 3.97. The molecule has 1 amide bonds. The molecule has 0 spiro atoms. The van der Waals surface area contributed by atoms with E-state index in [-0.39, 0.29) is 28.4 Å². The summed E-state index contributed by atoms with van der Waals surface area (Å²) in [6.07, 6.45) is 1.39. The van der Waals surface area contributed by atoms with Crippen molar-refractivity contribution < 1.29 is 9.72 Å². The number of anilines is 1. The summed E-state index contributed by atoms with van der Waals surface area (Å²) >= 11 is 0. The molecule has 0 radical (unpaired) electrons. The minimum atomic E-state index is -0.384. The number of nitrogens with zero attached hydrogens (tertiary/aromatic N) is 5. The van der Waals surface area contributed by atoms with Crippen molar-refractivity contribution in [3.8, 4) is 0 Å². The maximum atomic E-state index is 12.4. The number of nitro groups is 1. The summed E-state index contributed by atoms with van der Waals surface area (Å²) in [6.45, 7) is 12.9. The topological polar surface area (TPSA) is 92.5 Å². The van der Waals surface area contributed by atoms with Crippen molar-refractivity contribution >= 4 is 17.4 Å². The van der Waals surface area contributed by atoms with E-state index in [0.717, 1.165) is 48.0 Å². The van der Waals surface area contributed by atoms with Crippen LogP contribution in [0.3, 0.4) is 0 Å². The fourth-order valence-corrected chi connectivity index (χ4v) is 3.97. The summed E-state index contributed by atoms with van der Waals surface area (Å²) in [5, 5.41) is 11.0. The van der Waals surface area contributed by atoms with Crippen LogP contribution < -0.4 is 4.90 Å². The van der Waals surface area contributed by atoms with Gasteiger partial charge in [-0.25, -0.2) is 9.97 Å². The second kappa shape index (κ2) is 10.1.